The highest BCUT2D eigenvalue weighted by atomic mass is 16.5. The lowest BCUT2D eigenvalue weighted by molar-refractivity contribution is -0.147. The van der Waals surface area contributed by atoms with Crippen LogP contribution in [0.5, 0.6) is 0 Å². The summed E-state index contributed by atoms with van der Waals surface area (Å²) in [6.45, 7) is 4.89. The number of esters is 1. The summed E-state index contributed by atoms with van der Waals surface area (Å²) in [6, 6.07) is 0. The molecule has 4 heteroatoms. The number of carbonyl (C=O) groups excluding carboxylic acids is 1. The molecule has 1 aliphatic carbocycles. The zero-order chi connectivity index (χ0) is 10.6. The van der Waals surface area contributed by atoms with Gasteiger partial charge < -0.3 is 15.2 Å². The van der Waals surface area contributed by atoms with Gasteiger partial charge in [-0.15, -0.1) is 0 Å². The van der Waals surface area contributed by atoms with Crippen LogP contribution in [-0.2, 0) is 14.3 Å². The van der Waals surface area contributed by atoms with Crippen LogP contribution in [0.4, 0.5) is 0 Å². The van der Waals surface area contributed by atoms with Gasteiger partial charge in [0.2, 0.25) is 0 Å². The highest BCUT2D eigenvalue weighted by Gasteiger charge is 2.43. The molecule has 0 aromatic rings. The van der Waals surface area contributed by atoms with Gasteiger partial charge in [-0.25, -0.2) is 0 Å². The summed E-state index contributed by atoms with van der Waals surface area (Å²) in [6.07, 6.45) is 2.07. The molecule has 0 aromatic carbocycles. The molecular formula is C10H19NO3. The van der Waals surface area contributed by atoms with E-state index in [0.29, 0.717) is 19.6 Å². The van der Waals surface area contributed by atoms with Crippen molar-refractivity contribution in [2.24, 2.45) is 5.73 Å². The van der Waals surface area contributed by atoms with Gasteiger partial charge in [-0.3, -0.25) is 4.79 Å². The van der Waals surface area contributed by atoms with Gasteiger partial charge in [0.15, 0.2) is 0 Å². The fourth-order valence-electron chi connectivity index (χ4n) is 1.84. The maximum atomic E-state index is 11.2. The van der Waals surface area contributed by atoms with Crippen molar-refractivity contribution in [1.29, 1.82) is 0 Å². The lowest BCUT2D eigenvalue weighted by atomic mass is 9.73. The van der Waals surface area contributed by atoms with Crippen molar-refractivity contribution in [2.75, 3.05) is 13.2 Å². The predicted molar refractivity (Wildman–Crippen MR) is 52.8 cm³/mol. The van der Waals surface area contributed by atoms with Gasteiger partial charge >= 0.3 is 5.97 Å². The van der Waals surface area contributed by atoms with Crippen LogP contribution in [0.15, 0.2) is 0 Å². The van der Waals surface area contributed by atoms with Crippen molar-refractivity contribution in [3.63, 3.8) is 0 Å². The zero-order valence-corrected chi connectivity index (χ0v) is 8.91. The van der Waals surface area contributed by atoms with Crippen molar-refractivity contribution in [3.8, 4) is 0 Å². The van der Waals surface area contributed by atoms with E-state index in [1.165, 1.54) is 0 Å². The molecule has 1 aliphatic rings. The molecule has 0 atom stereocenters. The minimum Gasteiger partial charge on any atom is -0.466 e. The first-order valence-corrected chi connectivity index (χ1v) is 5.15. The Morgan fingerprint density at radius 3 is 2.57 bits per heavy atom. The first kappa shape index (κ1) is 11.5. The van der Waals surface area contributed by atoms with Crippen LogP contribution in [0.25, 0.3) is 0 Å². The lowest BCUT2D eigenvalue weighted by Gasteiger charge is -2.43. The highest BCUT2D eigenvalue weighted by molar-refractivity contribution is 5.71. The molecule has 14 heavy (non-hydrogen) atoms. The van der Waals surface area contributed by atoms with Crippen LogP contribution in [0.2, 0.25) is 0 Å². The molecule has 0 amide bonds. The van der Waals surface area contributed by atoms with Gasteiger partial charge in [0, 0.05) is 12.1 Å². The molecule has 1 fully saturated rings. The van der Waals surface area contributed by atoms with Gasteiger partial charge in [-0.2, -0.15) is 0 Å². The van der Waals surface area contributed by atoms with E-state index < -0.39 is 0 Å². The Labute approximate surface area is 84.7 Å². The molecule has 0 spiro atoms. The quantitative estimate of drug-likeness (QED) is 0.669. The number of hydrogen-bond acceptors (Lipinski definition) is 4. The molecule has 0 aliphatic heterocycles. The van der Waals surface area contributed by atoms with Crippen molar-refractivity contribution in [1.82, 2.24) is 0 Å². The van der Waals surface area contributed by atoms with E-state index in [4.69, 9.17) is 15.2 Å². The number of hydrogen-bond donors (Lipinski definition) is 1. The van der Waals surface area contributed by atoms with E-state index in [0.717, 1.165) is 12.8 Å². The SMILES string of the molecule is CCOC(=O)CC1(N)CC(OCC)C1. The monoisotopic (exact) mass is 201 g/mol. The number of carbonyl (C=O) groups is 1. The van der Waals surface area contributed by atoms with E-state index in [-0.39, 0.29) is 17.6 Å². The Hall–Kier alpha value is -0.610. The first-order valence-electron chi connectivity index (χ1n) is 5.15. The van der Waals surface area contributed by atoms with Crippen molar-refractivity contribution < 1.29 is 14.3 Å². The van der Waals surface area contributed by atoms with Crippen LogP contribution in [0.1, 0.15) is 33.1 Å². The molecule has 2 N–H and O–H groups in total. The smallest absolute Gasteiger partial charge is 0.307 e. The summed E-state index contributed by atoms with van der Waals surface area (Å²) in [7, 11) is 0. The maximum absolute atomic E-state index is 11.2. The molecule has 0 heterocycles. The largest absolute Gasteiger partial charge is 0.466 e. The van der Waals surface area contributed by atoms with Crippen LogP contribution in [-0.4, -0.2) is 30.8 Å². The Balaban J connectivity index is 2.23. The maximum Gasteiger partial charge on any atom is 0.307 e. The van der Waals surface area contributed by atoms with Gasteiger partial charge in [0.05, 0.1) is 19.1 Å². The Morgan fingerprint density at radius 1 is 1.43 bits per heavy atom. The molecule has 0 aromatic heterocycles. The third-order valence-electron chi connectivity index (χ3n) is 2.47. The molecule has 0 saturated heterocycles. The Kier molecular flexibility index (Phi) is 3.89. The van der Waals surface area contributed by atoms with Crippen LogP contribution in [0, 0.1) is 0 Å². The third-order valence-corrected chi connectivity index (χ3v) is 2.47. The van der Waals surface area contributed by atoms with E-state index in [1.54, 1.807) is 6.92 Å². The summed E-state index contributed by atoms with van der Waals surface area (Å²) in [5.41, 5.74) is 5.59. The number of rotatable bonds is 5. The van der Waals surface area contributed by atoms with Crippen molar-refractivity contribution >= 4 is 5.97 Å². The third kappa shape index (κ3) is 2.96. The van der Waals surface area contributed by atoms with Crippen molar-refractivity contribution in [2.45, 2.75) is 44.8 Å². The summed E-state index contributed by atoms with van der Waals surface area (Å²) >= 11 is 0. The molecule has 4 nitrogen and oxygen atoms in total. The topological polar surface area (TPSA) is 61.5 Å². The molecule has 1 rings (SSSR count). The minimum atomic E-state index is -0.383. The van der Waals surface area contributed by atoms with Crippen molar-refractivity contribution in [3.05, 3.63) is 0 Å². The van der Waals surface area contributed by atoms with Gasteiger partial charge in [0.1, 0.15) is 0 Å². The van der Waals surface area contributed by atoms with E-state index in [2.05, 4.69) is 0 Å². The van der Waals surface area contributed by atoms with Crippen LogP contribution >= 0.6 is 0 Å². The average molecular weight is 201 g/mol. The first-order chi connectivity index (χ1) is 6.59. The molecule has 0 unspecified atom stereocenters. The molecule has 82 valence electrons. The van der Waals surface area contributed by atoms with Gasteiger partial charge in [-0.05, 0) is 26.7 Å². The van der Waals surface area contributed by atoms with E-state index in [1.807, 2.05) is 6.92 Å². The summed E-state index contributed by atoms with van der Waals surface area (Å²) in [5.74, 6) is -0.204. The molecular weight excluding hydrogens is 182 g/mol. The van der Waals surface area contributed by atoms with Gasteiger partial charge in [0.25, 0.3) is 0 Å². The summed E-state index contributed by atoms with van der Waals surface area (Å²) in [5, 5.41) is 0. The number of ether oxygens (including phenoxy) is 2. The molecule has 1 saturated carbocycles. The predicted octanol–water partition coefficient (Wildman–Crippen LogP) is 0.836. The zero-order valence-electron chi connectivity index (χ0n) is 8.91. The van der Waals surface area contributed by atoms with Crippen LogP contribution in [0.3, 0.4) is 0 Å². The fourth-order valence-corrected chi connectivity index (χ4v) is 1.84. The Bertz CT molecular complexity index is 200. The minimum absolute atomic E-state index is 0.204. The average Bonchev–Trinajstić information content (AvgIpc) is 2.02. The second-order valence-electron chi connectivity index (χ2n) is 3.83. The lowest BCUT2D eigenvalue weighted by Crippen LogP contribution is -2.56. The van der Waals surface area contributed by atoms with E-state index in [9.17, 15) is 4.79 Å². The second-order valence-corrected chi connectivity index (χ2v) is 3.83. The Morgan fingerprint density at radius 2 is 2.07 bits per heavy atom. The second kappa shape index (κ2) is 4.75. The highest BCUT2D eigenvalue weighted by Crippen LogP contribution is 2.35. The molecule has 0 bridgehead atoms. The molecule has 0 radical (unpaired) electrons. The summed E-state index contributed by atoms with van der Waals surface area (Å²) < 4.78 is 10.2. The van der Waals surface area contributed by atoms with E-state index >= 15 is 0 Å². The fraction of sp³-hybridized carbons (Fsp3) is 0.900. The number of nitrogens with two attached hydrogens (primary N) is 1. The summed E-state index contributed by atoms with van der Waals surface area (Å²) in [4.78, 5) is 11.2. The van der Waals surface area contributed by atoms with Gasteiger partial charge in [-0.1, -0.05) is 0 Å². The van der Waals surface area contributed by atoms with Crippen LogP contribution < -0.4 is 5.73 Å². The normalized spacial score (nSPS) is 30.9. The standard InChI is InChI=1S/C10H19NO3/c1-3-13-8-5-10(11,6-8)7-9(12)14-4-2/h8H,3-7,11H2,1-2H3.